The summed E-state index contributed by atoms with van der Waals surface area (Å²) in [6, 6.07) is 7.91. The molecule has 0 unspecified atom stereocenters. The number of carbonyl (C=O) groups excluding carboxylic acids is 1. The molecule has 0 spiro atoms. The van der Waals surface area contributed by atoms with Gasteiger partial charge in [-0.3, -0.25) is 4.79 Å². The van der Waals surface area contributed by atoms with Crippen LogP contribution in [0.15, 0.2) is 24.3 Å². The minimum atomic E-state index is 0.162. The van der Waals surface area contributed by atoms with Gasteiger partial charge in [0.25, 0.3) is 0 Å². The van der Waals surface area contributed by atoms with E-state index in [1.165, 1.54) is 0 Å². The molecule has 1 saturated heterocycles. The third-order valence-electron chi connectivity index (χ3n) is 3.46. The van der Waals surface area contributed by atoms with Crippen LogP contribution in [0.4, 0.5) is 0 Å². The highest BCUT2D eigenvalue weighted by Crippen LogP contribution is 2.15. The van der Waals surface area contributed by atoms with Crippen LogP contribution in [0.25, 0.3) is 0 Å². The van der Waals surface area contributed by atoms with Gasteiger partial charge in [0.2, 0.25) is 5.91 Å². The minimum absolute atomic E-state index is 0.162. The quantitative estimate of drug-likeness (QED) is 0.790. The number of aryl methyl sites for hydroxylation is 1. The van der Waals surface area contributed by atoms with Crippen molar-refractivity contribution in [1.29, 1.82) is 0 Å². The standard InChI is InChI=1S/C15H22N2O2/c1-12-4-2-3-5-14(12)19-11-10-17-15(18)13-6-8-16-9-7-13/h2-5,13,16H,6-11H2,1H3,(H,17,18). The molecule has 1 aromatic rings. The van der Waals surface area contributed by atoms with Crippen LogP contribution < -0.4 is 15.4 Å². The van der Waals surface area contributed by atoms with Crippen LogP contribution in [0, 0.1) is 12.8 Å². The smallest absolute Gasteiger partial charge is 0.223 e. The van der Waals surface area contributed by atoms with Crippen molar-refractivity contribution in [2.24, 2.45) is 5.92 Å². The van der Waals surface area contributed by atoms with Crippen molar-refractivity contribution in [3.05, 3.63) is 29.8 Å². The maximum absolute atomic E-state index is 11.9. The van der Waals surface area contributed by atoms with Gasteiger partial charge in [0.05, 0.1) is 6.54 Å². The molecule has 1 aromatic carbocycles. The van der Waals surface area contributed by atoms with Crippen LogP contribution in [0.5, 0.6) is 5.75 Å². The zero-order valence-corrected chi connectivity index (χ0v) is 11.4. The Bertz CT molecular complexity index is 414. The molecule has 2 rings (SSSR count). The molecular formula is C15H22N2O2. The molecule has 0 aliphatic carbocycles. The molecule has 0 atom stereocenters. The summed E-state index contributed by atoms with van der Waals surface area (Å²) in [6.45, 7) is 4.98. The number of piperidine rings is 1. The Morgan fingerprint density at radius 2 is 2.11 bits per heavy atom. The molecule has 4 nitrogen and oxygen atoms in total. The maximum Gasteiger partial charge on any atom is 0.223 e. The van der Waals surface area contributed by atoms with E-state index in [4.69, 9.17) is 4.74 Å². The Kier molecular flexibility index (Phi) is 5.21. The number of amides is 1. The second-order valence-electron chi connectivity index (χ2n) is 4.93. The van der Waals surface area contributed by atoms with Crippen molar-refractivity contribution in [3.8, 4) is 5.75 Å². The van der Waals surface area contributed by atoms with Gasteiger partial charge < -0.3 is 15.4 Å². The van der Waals surface area contributed by atoms with Crippen molar-refractivity contribution >= 4 is 5.91 Å². The summed E-state index contributed by atoms with van der Waals surface area (Å²) >= 11 is 0. The second kappa shape index (κ2) is 7.14. The average molecular weight is 262 g/mol. The summed E-state index contributed by atoms with van der Waals surface area (Å²) < 4.78 is 5.65. The topological polar surface area (TPSA) is 50.4 Å². The van der Waals surface area contributed by atoms with Gasteiger partial charge in [-0.15, -0.1) is 0 Å². The molecule has 1 amide bonds. The van der Waals surface area contributed by atoms with Gasteiger partial charge in [-0.2, -0.15) is 0 Å². The highest BCUT2D eigenvalue weighted by Gasteiger charge is 2.20. The lowest BCUT2D eigenvalue weighted by atomic mass is 9.97. The summed E-state index contributed by atoms with van der Waals surface area (Å²) in [5.74, 6) is 1.22. The van der Waals surface area contributed by atoms with E-state index >= 15 is 0 Å². The van der Waals surface area contributed by atoms with E-state index in [0.717, 1.165) is 37.2 Å². The van der Waals surface area contributed by atoms with Crippen molar-refractivity contribution in [2.45, 2.75) is 19.8 Å². The third-order valence-corrected chi connectivity index (χ3v) is 3.46. The molecule has 0 bridgehead atoms. The summed E-state index contributed by atoms with van der Waals surface area (Å²) in [4.78, 5) is 11.9. The first-order chi connectivity index (χ1) is 9.27. The van der Waals surface area contributed by atoms with E-state index in [1.54, 1.807) is 0 Å². The van der Waals surface area contributed by atoms with Crippen molar-refractivity contribution in [3.63, 3.8) is 0 Å². The molecule has 0 radical (unpaired) electrons. The Hall–Kier alpha value is -1.55. The highest BCUT2D eigenvalue weighted by atomic mass is 16.5. The van der Waals surface area contributed by atoms with Gasteiger partial charge in [-0.05, 0) is 44.5 Å². The summed E-state index contributed by atoms with van der Waals surface area (Å²) in [5.41, 5.74) is 1.12. The summed E-state index contributed by atoms with van der Waals surface area (Å²) in [6.07, 6.45) is 1.87. The first kappa shape index (κ1) is 13.9. The molecule has 1 aliphatic heterocycles. The molecule has 0 aromatic heterocycles. The van der Waals surface area contributed by atoms with Gasteiger partial charge in [0.1, 0.15) is 12.4 Å². The third kappa shape index (κ3) is 4.24. The van der Waals surface area contributed by atoms with Crippen molar-refractivity contribution in [2.75, 3.05) is 26.2 Å². The Labute approximate surface area is 114 Å². The zero-order valence-electron chi connectivity index (χ0n) is 11.4. The number of benzene rings is 1. The Morgan fingerprint density at radius 1 is 1.37 bits per heavy atom. The monoisotopic (exact) mass is 262 g/mol. The normalized spacial score (nSPS) is 16.1. The summed E-state index contributed by atoms with van der Waals surface area (Å²) in [5, 5.41) is 6.21. The van der Waals surface area contributed by atoms with Crippen LogP contribution in [0.3, 0.4) is 0 Å². The fourth-order valence-corrected chi connectivity index (χ4v) is 2.28. The first-order valence-corrected chi connectivity index (χ1v) is 6.94. The van der Waals surface area contributed by atoms with E-state index in [2.05, 4.69) is 10.6 Å². The maximum atomic E-state index is 11.9. The van der Waals surface area contributed by atoms with Gasteiger partial charge in [0.15, 0.2) is 0 Å². The zero-order chi connectivity index (χ0) is 13.5. The van der Waals surface area contributed by atoms with Gasteiger partial charge in [-0.25, -0.2) is 0 Å². The predicted molar refractivity (Wildman–Crippen MR) is 75.3 cm³/mol. The van der Waals surface area contributed by atoms with Crippen LogP contribution in [0.2, 0.25) is 0 Å². The summed E-state index contributed by atoms with van der Waals surface area (Å²) in [7, 11) is 0. The van der Waals surface area contributed by atoms with Crippen LogP contribution >= 0.6 is 0 Å². The fraction of sp³-hybridized carbons (Fsp3) is 0.533. The largest absolute Gasteiger partial charge is 0.491 e. The molecule has 19 heavy (non-hydrogen) atoms. The van der Waals surface area contributed by atoms with Gasteiger partial charge in [0, 0.05) is 5.92 Å². The molecule has 1 aliphatic rings. The second-order valence-corrected chi connectivity index (χ2v) is 4.93. The lowest BCUT2D eigenvalue weighted by Gasteiger charge is -2.21. The van der Waals surface area contributed by atoms with Gasteiger partial charge >= 0.3 is 0 Å². The lowest BCUT2D eigenvalue weighted by Crippen LogP contribution is -2.39. The van der Waals surface area contributed by atoms with Crippen LogP contribution in [-0.2, 0) is 4.79 Å². The molecule has 4 heteroatoms. The van der Waals surface area contributed by atoms with Crippen molar-refractivity contribution < 1.29 is 9.53 Å². The Balaban J connectivity index is 1.66. The van der Waals surface area contributed by atoms with Crippen LogP contribution in [0.1, 0.15) is 18.4 Å². The van der Waals surface area contributed by atoms with Gasteiger partial charge in [-0.1, -0.05) is 18.2 Å². The van der Waals surface area contributed by atoms with E-state index in [1.807, 2.05) is 31.2 Å². The molecule has 104 valence electrons. The molecule has 1 fully saturated rings. The fourth-order valence-electron chi connectivity index (χ4n) is 2.28. The first-order valence-electron chi connectivity index (χ1n) is 6.94. The number of rotatable bonds is 5. The van der Waals surface area contributed by atoms with Crippen LogP contribution in [-0.4, -0.2) is 32.1 Å². The lowest BCUT2D eigenvalue weighted by molar-refractivity contribution is -0.125. The Morgan fingerprint density at radius 3 is 2.84 bits per heavy atom. The van der Waals surface area contributed by atoms with E-state index in [0.29, 0.717) is 13.2 Å². The van der Waals surface area contributed by atoms with E-state index < -0.39 is 0 Å². The number of carbonyl (C=O) groups is 1. The molecule has 2 N–H and O–H groups in total. The number of nitrogens with one attached hydrogen (secondary N) is 2. The SMILES string of the molecule is Cc1ccccc1OCCNC(=O)C1CCNCC1. The number of hydrogen-bond acceptors (Lipinski definition) is 3. The van der Waals surface area contributed by atoms with E-state index in [9.17, 15) is 4.79 Å². The number of para-hydroxylation sites is 1. The molecular weight excluding hydrogens is 240 g/mol. The predicted octanol–water partition coefficient (Wildman–Crippen LogP) is 1.49. The van der Waals surface area contributed by atoms with E-state index in [-0.39, 0.29) is 11.8 Å². The van der Waals surface area contributed by atoms with Crippen molar-refractivity contribution in [1.82, 2.24) is 10.6 Å². The minimum Gasteiger partial charge on any atom is -0.491 e. The number of hydrogen-bond donors (Lipinski definition) is 2. The molecule has 0 saturated carbocycles. The highest BCUT2D eigenvalue weighted by molar-refractivity contribution is 5.78. The number of ether oxygens (including phenoxy) is 1. The molecule has 1 heterocycles. The average Bonchev–Trinajstić information content (AvgIpc) is 2.46.